The summed E-state index contributed by atoms with van der Waals surface area (Å²) in [6.07, 6.45) is 2.65. The molecule has 1 saturated heterocycles. The van der Waals surface area contributed by atoms with Crippen molar-refractivity contribution in [2.45, 2.75) is 39.5 Å². The molecule has 1 fully saturated rings. The number of nitrogens with one attached hydrogen (secondary N) is 2. The summed E-state index contributed by atoms with van der Waals surface area (Å²) < 4.78 is 0. The number of hydrogen-bond acceptors (Lipinski definition) is 4. The van der Waals surface area contributed by atoms with Crippen LogP contribution in [0.3, 0.4) is 0 Å². The largest absolute Gasteiger partial charge is 0.370 e. The molecule has 0 saturated carbocycles. The van der Waals surface area contributed by atoms with Gasteiger partial charge in [0.25, 0.3) is 5.56 Å². The maximum absolute atomic E-state index is 11.6. The summed E-state index contributed by atoms with van der Waals surface area (Å²) in [5, 5.41) is 3.30. The fourth-order valence-corrected chi connectivity index (χ4v) is 2.59. The van der Waals surface area contributed by atoms with Gasteiger partial charge in [0.2, 0.25) is 0 Å². The molecule has 112 valence electrons. The van der Waals surface area contributed by atoms with E-state index < -0.39 is 0 Å². The average molecular weight is 278 g/mol. The Morgan fingerprint density at radius 2 is 2.05 bits per heavy atom. The molecule has 1 unspecified atom stereocenters. The number of H-pyrrole nitrogens is 1. The Kier molecular flexibility index (Phi) is 5.17. The second-order valence-corrected chi connectivity index (χ2v) is 6.16. The van der Waals surface area contributed by atoms with Crippen molar-refractivity contribution in [3.63, 3.8) is 0 Å². The predicted molar refractivity (Wildman–Crippen MR) is 82.3 cm³/mol. The van der Waals surface area contributed by atoms with Gasteiger partial charge in [-0.25, -0.2) is 4.98 Å². The van der Waals surface area contributed by atoms with Crippen molar-refractivity contribution in [2.75, 3.05) is 31.5 Å². The van der Waals surface area contributed by atoms with Gasteiger partial charge >= 0.3 is 0 Å². The van der Waals surface area contributed by atoms with Crippen LogP contribution in [0.2, 0.25) is 0 Å². The van der Waals surface area contributed by atoms with E-state index in [9.17, 15) is 4.79 Å². The van der Waals surface area contributed by atoms with Crippen molar-refractivity contribution in [1.82, 2.24) is 14.9 Å². The zero-order chi connectivity index (χ0) is 14.5. The molecule has 1 aromatic heterocycles. The van der Waals surface area contributed by atoms with E-state index in [0.29, 0.717) is 11.7 Å². The third-order valence-electron chi connectivity index (χ3n) is 3.71. The standard InChI is InChI=1S/C15H26N4O/c1-11(2)15-17-13(8-14(20)18-15)16-9-12(3)10-19-6-4-5-7-19/h8,11-12H,4-7,9-10H2,1-3H3,(H2,16,17,18,20). The summed E-state index contributed by atoms with van der Waals surface area (Å²) in [6.45, 7) is 10.7. The lowest BCUT2D eigenvalue weighted by Crippen LogP contribution is -2.29. The lowest BCUT2D eigenvalue weighted by Gasteiger charge is -2.20. The van der Waals surface area contributed by atoms with Crippen LogP contribution < -0.4 is 10.9 Å². The molecule has 0 spiro atoms. The first-order valence-corrected chi connectivity index (χ1v) is 7.62. The van der Waals surface area contributed by atoms with Crippen LogP contribution in [0.5, 0.6) is 0 Å². The van der Waals surface area contributed by atoms with E-state index in [2.05, 4.69) is 27.1 Å². The van der Waals surface area contributed by atoms with E-state index in [4.69, 9.17) is 0 Å². The third-order valence-corrected chi connectivity index (χ3v) is 3.71. The monoisotopic (exact) mass is 278 g/mol. The molecule has 5 nitrogen and oxygen atoms in total. The van der Waals surface area contributed by atoms with Crippen LogP contribution in [0, 0.1) is 5.92 Å². The molecule has 0 radical (unpaired) electrons. The minimum atomic E-state index is -0.0848. The third kappa shape index (κ3) is 4.34. The highest BCUT2D eigenvalue weighted by atomic mass is 16.1. The van der Waals surface area contributed by atoms with Gasteiger partial charge in [-0.05, 0) is 31.8 Å². The fraction of sp³-hybridized carbons (Fsp3) is 0.733. The highest BCUT2D eigenvalue weighted by Gasteiger charge is 2.14. The Morgan fingerprint density at radius 1 is 1.35 bits per heavy atom. The van der Waals surface area contributed by atoms with E-state index in [1.54, 1.807) is 0 Å². The second kappa shape index (κ2) is 6.88. The Labute approximate surface area is 120 Å². The number of aromatic nitrogens is 2. The molecule has 0 aliphatic carbocycles. The zero-order valence-corrected chi connectivity index (χ0v) is 12.8. The molecule has 1 aromatic rings. The van der Waals surface area contributed by atoms with Crippen LogP contribution in [-0.4, -0.2) is 41.0 Å². The molecule has 1 atom stereocenters. The first-order valence-electron chi connectivity index (χ1n) is 7.62. The molecule has 5 heteroatoms. The number of aromatic amines is 1. The van der Waals surface area contributed by atoms with Gasteiger partial charge in [-0.15, -0.1) is 0 Å². The van der Waals surface area contributed by atoms with E-state index in [1.807, 2.05) is 13.8 Å². The highest BCUT2D eigenvalue weighted by Crippen LogP contribution is 2.12. The van der Waals surface area contributed by atoms with Crippen LogP contribution in [0.25, 0.3) is 0 Å². The second-order valence-electron chi connectivity index (χ2n) is 6.16. The summed E-state index contributed by atoms with van der Waals surface area (Å²) in [4.78, 5) is 21.3. The number of anilines is 1. The SMILES string of the molecule is CC(CNc1cc(=O)[nH]c(C(C)C)n1)CN1CCCC1. The van der Waals surface area contributed by atoms with E-state index in [0.717, 1.165) is 18.9 Å². The molecule has 2 N–H and O–H groups in total. The quantitative estimate of drug-likeness (QED) is 0.836. The minimum Gasteiger partial charge on any atom is -0.370 e. The van der Waals surface area contributed by atoms with Crippen molar-refractivity contribution < 1.29 is 0 Å². The predicted octanol–water partition coefficient (Wildman–Crippen LogP) is 2.04. The molecule has 20 heavy (non-hydrogen) atoms. The normalized spacial score (nSPS) is 17.6. The van der Waals surface area contributed by atoms with E-state index in [1.165, 1.54) is 32.0 Å². The lowest BCUT2D eigenvalue weighted by molar-refractivity contribution is 0.294. The van der Waals surface area contributed by atoms with E-state index >= 15 is 0 Å². The highest BCUT2D eigenvalue weighted by molar-refractivity contribution is 5.33. The number of hydrogen-bond donors (Lipinski definition) is 2. The van der Waals surface area contributed by atoms with Crippen LogP contribution in [0.15, 0.2) is 10.9 Å². The first-order chi connectivity index (χ1) is 9.54. The fourth-order valence-electron chi connectivity index (χ4n) is 2.59. The molecular weight excluding hydrogens is 252 g/mol. The molecule has 2 heterocycles. The number of rotatable bonds is 6. The van der Waals surface area contributed by atoms with Gasteiger partial charge in [0.15, 0.2) is 0 Å². The first kappa shape index (κ1) is 15.0. The van der Waals surface area contributed by atoms with Crippen LogP contribution in [0.1, 0.15) is 45.4 Å². The number of likely N-dealkylation sites (tertiary alicyclic amines) is 1. The maximum atomic E-state index is 11.6. The lowest BCUT2D eigenvalue weighted by atomic mass is 10.1. The minimum absolute atomic E-state index is 0.0848. The summed E-state index contributed by atoms with van der Waals surface area (Å²) in [7, 11) is 0. The van der Waals surface area contributed by atoms with Crippen LogP contribution in [0.4, 0.5) is 5.82 Å². The summed E-state index contributed by atoms with van der Waals surface area (Å²) in [6, 6.07) is 1.54. The van der Waals surface area contributed by atoms with Gasteiger partial charge in [-0.2, -0.15) is 0 Å². The Morgan fingerprint density at radius 3 is 2.70 bits per heavy atom. The van der Waals surface area contributed by atoms with Gasteiger partial charge in [-0.3, -0.25) is 4.79 Å². The van der Waals surface area contributed by atoms with Crippen LogP contribution in [-0.2, 0) is 0 Å². The van der Waals surface area contributed by atoms with Crippen molar-refractivity contribution >= 4 is 5.82 Å². The maximum Gasteiger partial charge on any atom is 0.252 e. The summed E-state index contributed by atoms with van der Waals surface area (Å²) in [5.74, 6) is 2.21. The molecule has 0 bridgehead atoms. The molecule has 0 amide bonds. The van der Waals surface area contributed by atoms with Gasteiger partial charge in [0.1, 0.15) is 11.6 Å². The molecule has 1 aliphatic rings. The van der Waals surface area contributed by atoms with Crippen molar-refractivity contribution in [1.29, 1.82) is 0 Å². The Balaban J connectivity index is 1.88. The zero-order valence-electron chi connectivity index (χ0n) is 12.8. The average Bonchev–Trinajstić information content (AvgIpc) is 2.88. The number of nitrogens with zero attached hydrogens (tertiary/aromatic N) is 2. The Hall–Kier alpha value is -1.36. The van der Waals surface area contributed by atoms with Gasteiger partial charge in [-0.1, -0.05) is 20.8 Å². The smallest absolute Gasteiger partial charge is 0.252 e. The van der Waals surface area contributed by atoms with Crippen LogP contribution >= 0.6 is 0 Å². The molecule has 0 aromatic carbocycles. The topological polar surface area (TPSA) is 61.0 Å². The van der Waals surface area contributed by atoms with Crippen molar-refractivity contribution in [2.24, 2.45) is 5.92 Å². The summed E-state index contributed by atoms with van der Waals surface area (Å²) in [5.41, 5.74) is -0.0848. The molecule has 2 rings (SSSR count). The molecular formula is C15H26N4O. The van der Waals surface area contributed by atoms with Crippen molar-refractivity contribution in [3.05, 3.63) is 22.2 Å². The summed E-state index contributed by atoms with van der Waals surface area (Å²) >= 11 is 0. The van der Waals surface area contributed by atoms with Gasteiger partial charge < -0.3 is 15.2 Å². The van der Waals surface area contributed by atoms with Gasteiger partial charge in [0.05, 0.1) is 0 Å². The van der Waals surface area contributed by atoms with Crippen molar-refractivity contribution in [3.8, 4) is 0 Å². The van der Waals surface area contributed by atoms with E-state index in [-0.39, 0.29) is 11.5 Å². The molecule has 1 aliphatic heterocycles. The van der Waals surface area contributed by atoms with Gasteiger partial charge in [0, 0.05) is 25.1 Å². The Bertz CT molecular complexity index is 477.